The van der Waals surface area contributed by atoms with E-state index in [9.17, 15) is 4.79 Å². The van der Waals surface area contributed by atoms with Gasteiger partial charge in [0.25, 0.3) is 5.91 Å². The zero-order valence-corrected chi connectivity index (χ0v) is 13.8. The van der Waals surface area contributed by atoms with Crippen molar-refractivity contribution in [3.8, 4) is 5.75 Å². The van der Waals surface area contributed by atoms with E-state index in [1.807, 2.05) is 13.0 Å². The number of benzene rings is 1. The largest absolute Gasteiger partial charge is 0.496 e. The molecule has 1 aromatic rings. The Balaban J connectivity index is 2.50. The Hall–Kier alpha value is -1.82. The van der Waals surface area contributed by atoms with Crippen molar-refractivity contribution in [1.29, 1.82) is 0 Å². The van der Waals surface area contributed by atoms with Gasteiger partial charge in [-0.05, 0) is 43.6 Å². The van der Waals surface area contributed by atoms with E-state index in [0.29, 0.717) is 22.3 Å². The van der Waals surface area contributed by atoms with E-state index in [-0.39, 0.29) is 5.91 Å². The van der Waals surface area contributed by atoms with Crippen molar-refractivity contribution >= 4 is 23.2 Å². The number of hydrogen-bond acceptors (Lipinski definition) is 3. The number of hydrazine groups is 1. The highest BCUT2D eigenvalue weighted by molar-refractivity contribution is 7.80. The first-order chi connectivity index (χ1) is 9.93. The van der Waals surface area contributed by atoms with Gasteiger partial charge >= 0.3 is 0 Å². The molecule has 0 fully saturated rings. The van der Waals surface area contributed by atoms with Crippen molar-refractivity contribution in [2.75, 3.05) is 13.7 Å². The summed E-state index contributed by atoms with van der Waals surface area (Å²) in [6, 6.07) is 5.43. The van der Waals surface area contributed by atoms with Crippen molar-refractivity contribution in [3.63, 3.8) is 0 Å². The molecule has 0 bridgehead atoms. The minimum Gasteiger partial charge on any atom is -0.496 e. The molecule has 3 N–H and O–H groups in total. The SMILES string of the molecule is COc1ccc(C)cc1C(=O)NNC(=S)NCCC(C)C. The minimum absolute atomic E-state index is 0.288. The van der Waals surface area contributed by atoms with Gasteiger partial charge in [0, 0.05) is 6.54 Å². The van der Waals surface area contributed by atoms with Gasteiger partial charge in [0.05, 0.1) is 12.7 Å². The van der Waals surface area contributed by atoms with E-state index in [1.54, 1.807) is 12.1 Å². The molecule has 0 aliphatic carbocycles. The van der Waals surface area contributed by atoms with Gasteiger partial charge in [-0.15, -0.1) is 0 Å². The van der Waals surface area contributed by atoms with Gasteiger partial charge in [-0.25, -0.2) is 0 Å². The number of methoxy groups -OCH3 is 1. The van der Waals surface area contributed by atoms with Crippen LogP contribution in [0.2, 0.25) is 0 Å². The van der Waals surface area contributed by atoms with E-state index in [4.69, 9.17) is 17.0 Å². The Kier molecular flexibility index (Phi) is 6.94. The molecule has 0 unspecified atom stereocenters. The topological polar surface area (TPSA) is 62.4 Å². The van der Waals surface area contributed by atoms with Crippen molar-refractivity contribution in [2.24, 2.45) is 5.92 Å². The molecule has 1 aromatic carbocycles. The standard InChI is InChI=1S/C15H23N3O2S/c1-10(2)7-8-16-15(21)18-17-14(19)12-9-11(3)5-6-13(12)20-4/h5-6,9-10H,7-8H2,1-4H3,(H,17,19)(H2,16,18,21). The number of carbonyl (C=O) groups is 1. The normalized spacial score (nSPS) is 10.1. The summed E-state index contributed by atoms with van der Waals surface area (Å²) >= 11 is 5.09. The summed E-state index contributed by atoms with van der Waals surface area (Å²) in [5.74, 6) is 0.841. The molecule has 0 radical (unpaired) electrons. The lowest BCUT2D eigenvalue weighted by molar-refractivity contribution is 0.0940. The maximum atomic E-state index is 12.1. The fraction of sp³-hybridized carbons (Fsp3) is 0.467. The van der Waals surface area contributed by atoms with Gasteiger partial charge in [0.1, 0.15) is 5.75 Å². The van der Waals surface area contributed by atoms with Gasteiger partial charge in [-0.3, -0.25) is 15.6 Å². The van der Waals surface area contributed by atoms with Gasteiger partial charge in [0.2, 0.25) is 0 Å². The number of ether oxygens (including phenoxy) is 1. The molecule has 21 heavy (non-hydrogen) atoms. The van der Waals surface area contributed by atoms with Gasteiger partial charge < -0.3 is 10.1 Å². The third-order valence-corrected chi connectivity index (χ3v) is 3.14. The molecule has 0 aromatic heterocycles. The molecule has 0 saturated heterocycles. The molecule has 0 atom stereocenters. The van der Waals surface area contributed by atoms with Crippen molar-refractivity contribution in [2.45, 2.75) is 27.2 Å². The summed E-state index contributed by atoms with van der Waals surface area (Å²) in [6.07, 6.45) is 1.02. The van der Waals surface area contributed by atoms with Crippen LogP contribution in [-0.4, -0.2) is 24.7 Å². The fourth-order valence-corrected chi connectivity index (χ4v) is 1.85. The Morgan fingerprint density at radius 3 is 2.67 bits per heavy atom. The van der Waals surface area contributed by atoms with E-state index in [0.717, 1.165) is 18.5 Å². The summed E-state index contributed by atoms with van der Waals surface area (Å²) < 4.78 is 5.18. The summed E-state index contributed by atoms with van der Waals surface area (Å²) in [5.41, 5.74) is 6.71. The smallest absolute Gasteiger partial charge is 0.273 e. The maximum absolute atomic E-state index is 12.1. The van der Waals surface area contributed by atoms with Crippen LogP contribution in [0.5, 0.6) is 5.75 Å². The molecule has 1 amide bonds. The van der Waals surface area contributed by atoms with Crippen molar-refractivity contribution < 1.29 is 9.53 Å². The first-order valence-electron chi connectivity index (χ1n) is 6.93. The predicted molar refractivity (Wildman–Crippen MR) is 88.4 cm³/mol. The molecule has 0 saturated carbocycles. The lowest BCUT2D eigenvalue weighted by Gasteiger charge is -2.14. The quantitative estimate of drug-likeness (QED) is 0.575. The molecule has 1 rings (SSSR count). The predicted octanol–water partition coefficient (Wildman–Crippen LogP) is 2.16. The Morgan fingerprint density at radius 2 is 2.05 bits per heavy atom. The highest BCUT2D eigenvalue weighted by Crippen LogP contribution is 2.19. The van der Waals surface area contributed by atoms with Crippen molar-refractivity contribution in [1.82, 2.24) is 16.2 Å². The van der Waals surface area contributed by atoms with Crippen molar-refractivity contribution in [3.05, 3.63) is 29.3 Å². The van der Waals surface area contributed by atoms with E-state index < -0.39 is 0 Å². The number of amides is 1. The van der Waals surface area contributed by atoms with E-state index in [2.05, 4.69) is 30.0 Å². The van der Waals surface area contributed by atoms with E-state index in [1.165, 1.54) is 7.11 Å². The van der Waals surface area contributed by atoms with Crippen LogP contribution in [0.3, 0.4) is 0 Å². The lowest BCUT2D eigenvalue weighted by Crippen LogP contribution is -2.47. The molecule has 0 aliphatic rings. The molecule has 0 aliphatic heterocycles. The van der Waals surface area contributed by atoms with Gasteiger partial charge in [0.15, 0.2) is 5.11 Å². The Morgan fingerprint density at radius 1 is 1.33 bits per heavy atom. The number of hydrogen-bond donors (Lipinski definition) is 3. The third kappa shape index (κ3) is 5.99. The zero-order chi connectivity index (χ0) is 15.8. The van der Waals surface area contributed by atoms with Crippen LogP contribution in [0.25, 0.3) is 0 Å². The second-order valence-corrected chi connectivity index (χ2v) is 5.63. The molecular formula is C15H23N3O2S. The lowest BCUT2D eigenvalue weighted by atomic mass is 10.1. The maximum Gasteiger partial charge on any atom is 0.273 e. The number of carbonyl (C=O) groups excluding carboxylic acids is 1. The summed E-state index contributed by atoms with van der Waals surface area (Å²) in [4.78, 5) is 12.1. The summed E-state index contributed by atoms with van der Waals surface area (Å²) in [5, 5.41) is 3.43. The summed E-state index contributed by atoms with van der Waals surface area (Å²) in [7, 11) is 1.53. The van der Waals surface area contributed by atoms with Gasteiger partial charge in [-0.1, -0.05) is 25.5 Å². The fourth-order valence-electron chi connectivity index (χ4n) is 1.70. The Labute approximate surface area is 131 Å². The number of rotatable bonds is 5. The first kappa shape index (κ1) is 17.2. The van der Waals surface area contributed by atoms with Gasteiger partial charge in [-0.2, -0.15) is 0 Å². The Bertz CT molecular complexity index is 504. The molecule has 0 heterocycles. The monoisotopic (exact) mass is 309 g/mol. The minimum atomic E-state index is -0.288. The average Bonchev–Trinajstić information content (AvgIpc) is 2.44. The van der Waals surface area contributed by atoms with Crippen LogP contribution < -0.4 is 20.9 Å². The zero-order valence-electron chi connectivity index (χ0n) is 12.9. The molecule has 116 valence electrons. The highest BCUT2D eigenvalue weighted by atomic mass is 32.1. The van der Waals surface area contributed by atoms with Crippen LogP contribution in [0.1, 0.15) is 36.2 Å². The average molecular weight is 309 g/mol. The van der Waals surface area contributed by atoms with Crippen LogP contribution in [0, 0.1) is 12.8 Å². The summed E-state index contributed by atoms with van der Waals surface area (Å²) in [6.45, 7) is 6.97. The van der Waals surface area contributed by atoms with Crippen LogP contribution in [0.15, 0.2) is 18.2 Å². The second kappa shape index (κ2) is 8.46. The third-order valence-electron chi connectivity index (χ3n) is 2.90. The van der Waals surface area contributed by atoms with E-state index >= 15 is 0 Å². The number of aryl methyl sites for hydroxylation is 1. The van der Waals surface area contributed by atoms with Crippen LogP contribution in [-0.2, 0) is 0 Å². The van der Waals surface area contributed by atoms with Crippen LogP contribution >= 0.6 is 12.2 Å². The van der Waals surface area contributed by atoms with Crippen LogP contribution in [0.4, 0.5) is 0 Å². The second-order valence-electron chi connectivity index (χ2n) is 5.22. The molecule has 5 nitrogen and oxygen atoms in total. The molecule has 0 spiro atoms. The highest BCUT2D eigenvalue weighted by Gasteiger charge is 2.12. The number of nitrogens with one attached hydrogen (secondary N) is 3. The molecular weight excluding hydrogens is 286 g/mol. The number of thiocarbonyl (C=S) groups is 1. The first-order valence-corrected chi connectivity index (χ1v) is 7.33. The molecule has 6 heteroatoms.